The molecule has 0 spiro atoms. The minimum atomic E-state index is -0.824. The Morgan fingerprint density at radius 2 is 1.64 bits per heavy atom. The van der Waals surface area contributed by atoms with Crippen molar-refractivity contribution in [2.75, 3.05) is 19.0 Å². The molecule has 0 aliphatic heterocycles. The molecular weight excluding hydrogens is 221 g/mol. The van der Waals surface area contributed by atoms with E-state index in [1.807, 2.05) is 43.3 Å². The molecule has 0 saturated carbocycles. The molecule has 1 N–H and O–H groups in total. The molecule has 0 heterocycles. The van der Waals surface area contributed by atoms with Gasteiger partial charge in [-0.3, -0.25) is 0 Å². The van der Waals surface area contributed by atoms with E-state index < -0.39 is 10.9 Å². The van der Waals surface area contributed by atoms with Crippen LogP contribution in [0.4, 0.5) is 5.69 Å². The van der Waals surface area contributed by atoms with E-state index in [9.17, 15) is 5.11 Å². The molecule has 0 aliphatic carbocycles. The van der Waals surface area contributed by atoms with Crippen LogP contribution in [-0.2, 0) is 0 Å². The summed E-state index contributed by atoms with van der Waals surface area (Å²) < 4.78 is 0. The lowest BCUT2D eigenvalue weighted by atomic mass is 10.1. The van der Waals surface area contributed by atoms with Gasteiger partial charge in [-0.05, 0) is 17.7 Å². The number of aliphatic hydroxyl groups excluding tert-OH is 1. The fourth-order valence-electron chi connectivity index (χ4n) is 1.12. The predicted octanol–water partition coefficient (Wildman–Crippen LogP) is 2.59. The van der Waals surface area contributed by atoms with Gasteiger partial charge in [0.05, 0.1) is 0 Å². The molecule has 0 radical (unpaired) electrons. The van der Waals surface area contributed by atoms with E-state index in [4.69, 9.17) is 23.2 Å². The van der Waals surface area contributed by atoms with Crippen LogP contribution in [0, 0.1) is 0 Å². The van der Waals surface area contributed by atoms with E-state index in [0.717, 1.165) is 11.3 Å². The number of rotatable bonds is 3. The number of hydrogen-bond donors (Lipinski definition) is 1. The third-order valence-electron chi connectivity index (χ3n) is 1.99. The molecule has 0 bridgehead atoms. The Hall–Kier alpha value is -0.440. The van der Waals surface area contributed by atoms with E-state index in [2.05, 4.69) is 0 Å². The van der Waals surface area contributed by atoms with Gasteiger partial charge in [-0.2, -0.15) is 0 Å². The van der Waals surface area contributed by atoms with E-state index >= 15 is 0 Å². The van der Waals surface area contributed by atoms with Crippen LogP contribution in [0.3, 0.4) is 0 Å². The van der Waals surface area contributed by atoms with Crippen LogP contribution in [-0.4, -0.2) is 24.0 Å². The molecule has 78 valence electrons. The molecule has 0 fully saturated rings. The minimum Gasteiger partial charge on any atom is -0.386 e. The summed E-state index contributed by atoms with van der Waals surface area (Å²) in [5, 5.41) is 9.55. The van der Waals surface area contributed by atoms with Crippen molar-refractivity contribution in [1.29, 1.82) is 0 Å². The lowest BCUT2D eigenvalue weighted by Crippen LogP contribution is -2.09. The first-order valence-electron chi connectivity index (χ1n) is 4.26. The molecule has 0 amide bonds. The average molecular weight is 234 g/mol. The molecule has 1 aromatic rings. The average Bonchev–Trinajstić information content (AvgIpc) is 2.16. The Balaban J connectivity index is 2.83. The topological polar surface area (TPSA) is 23.5 Å². The monoisotopic (exact) mass is 233 g/mol. The number of anilines is 1. The highest BCUT2D eigenvalue weighted by molar-refractivity contribution is 6.44. The summed E-state index contributed by atoms with van der Waals surface area (Å²) in [6.45, 7) is 0. The van der Waals surface area contributed by atoms with Crippen LogP contribution in [0.1, 0.15) is 11.7 Å². The molecule has 14 heavy (non-hydrogen) atoms. The largest absolute Gasteiger partial charge is 0.386 e. The lowest BCUT2D eigenvalue weighted by molar-refractivity contribution is 0.193. The van der Waals surface area contributed by atoms with Gasteiger partial charge < -0.3 is 10.0 Å². The van der Waals surface area contributed by atoms with Gasteiger partial charge in [-0.25, -0.2) is 0 Å². The highest BCUT2D eigenvalue weighted by Crippen LogP contribution is 2.25. The Bertz CT molecular complexity index is 285. The molecule has 0 aromatic heterocycles. The summed E-state index contributed by atoms with van der Waals surface area (Å²) in [4.78, 5) is 1.19. The summed E-state index contributed by atoms with van der Waals surface area (Å²) in [7, 11) is 3.91. The van der Waals surface area contributed by atoms with Crippen molar-refractivity contribution in [3.8, 4) is 0 Å². The van der Waals surface area contributed by atoms with Gasteiger partial charge in [0.15, 0.2) is 0 Å². The van der Waals surface area contributed by atoms with Gasteiger partial charge in [-0.15, -0.1) is 23.2 Å². The smallest absolute Gasteiger partial charge is 0.137 e. The van der Waals surface area contributed by atoms with Crippen LogP contribution >= 0.6 is 23.2 Å². The quantitative estimate of drug-likeness (QED) is 0.812. The number of alkyl halides is 2. The van der Waals surface area contributed by atoms with E-state index in [-0.39, 0.29) is 0 Å². The Labute approximate surface area is 94.1 Å². The van der Waals surface area contributed by atoms with E-state index in [0.29, 0.717) is 0 Å². The molecule has 0 aliphatic rings. The maximum atomic E-state index is 9.55. The zero-order chi connectivity index (χ0) is 10.7. The van der Waals surface area contributed by atoms with Crippen LogP contribution in [0.25, 0.3) is 0 Å². The highest BCUT2D eigenvalue weighted by Gasteiger charge is 2.15. The number of hydrogen-bond acceptors (Lipinski definition) is 2. The maximum absolute atomic E-state index is 9.55. The van der Waals surface area contributed by atoms with Gasteiger partial charge >= 0.3 is 0 Å². The Morgan fingerprint density at radius 1 is 1.14 bits per heavy atom. The van der Waals surface area contributed by atoms with Crippen molar-refractivity contribution in [2.45, 2.75) is 10.9 Å². The Morgan fingerprint density at radius 3 is 2.00 bits per heavy atom. The van der Waals surface area contributed by atoms with Crippen molar-refractivity contribution in [3.63, 3.8) is 0 Å². The van der Waals surface area contributed by atoms with E-state index in [1.54, 1.807) is 0 Å². The minimum absolute atomic E-state index is 0.727. The Kier molecular flexibility index (Phi) is 4.05. The first-order chi connectivity index (χ1) is 6.52. The molecule has 1 atom stereocenters. The van der Waals surface area contributed by atoms with Crippen LogP contribution in [0.2, 0.25) is 0 Å². The van der Waals surface area contributed by atoms with Gasteiger partial charge in [-0.1, -0.05) is 12.1 Å². The second-order valence-corrected chi connectivity index (χ2v) is 4.43. The van der Waals surface area contributed by atoms with Crippen LogP contribution in [0.5, 0.6) is 0 Å². The molecular formula is C10H13Cl2NO. The SMILES string of the molecule is CN(C)c1ccc(C(O)C(Cl)Cl)cc1. The van der Waals surface area contributed by atoms with Gasteiger partial charge in [0.2, 0.25) is 0 Å². The summed E-state index contributed by atoms with van der Waals surface area (Å²) in [5.41, 5.74) is 1.80. The number of nitrogens with zero attached hydrogens (tertiary/aromatic N) is 1. The summed E-state index contributed by atoms with van der Waals surface area (Å²) in [6, 6.07) is 7.46. The molecule has 0 saturated heterocycles. The third-order valence-corrected chi connectivity index (χ3v) is 2.47. The van der Waals surface area contributed by atoms with Gasteiger partial charge in [0.25, 0.3) is 0 Å². The van der Waals surface area contributed by atoms with Crippen molar-refractivity contribution < 1.29 is 5.11 Å². The van der Waals surface area contributed by atoms with Gasteiger partial charge in [0, 0.05) is 19.8 Å². The summed E-state index contributed by atoms with van der Waals surface area (Å²) >= 11 is 11.1. The molecule has 2 nitrogen and oxygen atoms in total. The first kappa shape index (κ1) is 11.6. The molecule has 1 rings (SSSR count). The van der Waals surface area contributed by atoms with Crippen molar-refractivity contribution in [3.05, 3.63) is 29.8 Å². The normalized spacial score (nSPS) is 13.0. The summed E-state index contributed by atoms with van der Waals surface area (Å²) in [6.07, 6.45) is -0.824. The van der Waals surface area contributed by atoms with Gasteiger partial charge in [0.1, 0.15) is 10.9 Å². The van der Waals surface area contributed by atoms with Crippen LogP contribution in [0.15, 0.2) is 24.3 Å². The molecule has 4 heteroatoms. The standard InChI is InChI=1S/C10H13Cl2NO/c1-13(2)8-5-3-7(4-6-8)9(14)10(11)12/h3-6,9-10,14H,1-2H3. The second-order valence-electron chi connectivity index (χ2n) is 3.27. The fraction of sp³-hybridized carbons (Fsp3) is 0.400. The van der Waals surface area contributed by atoms with Crippen molar-refractivity contribution in [2.24, 2.45) is 0 Å². The fourth-order valence-corrected chi connectivity index (χ4v) is 1.41. The zero-order valence-electron chi connectivity index (χ0n) is 8.11. The third kappa shape index (κ3) is 2.77. The highest BCUT2D eigenvalue weighted by atomic mass is 35.5. The van der Waals surface area contributed by atoms with Crippen molar-refractivity contribution in [1.82, 2.24) is 0 Å². The number of benzene rings is 1. The summed E-state index contributed by atoms with van der Waals surface area (Å²) in [5.74, 6) is 0. The number of halogens is 2. The lowest BCUT2D eigenvalue weighted by Gasteiger charge is -2.15. The maximum Gasteiger partial charge on any atom is 0.137 e. The first-order valence-corrected chi connectivity index (χ1v) is 5.13. The molecule has 1 aromatic carbocycles. The second kappa shape index (κ2) is 4.87. The van der Waals surface area contributed by atoms with E-state index in [1.165, 1.54) is 0 Å². The van der Waals surface area contributed by atoms with Crippen LogP contribution < -0.4 is 4.90 Å². The zero-order valence-corrected chi connectivity index (χ0v) is 9.63. The predicted molar refractivity (Wildman–Crippen MR) is 61.2 cm³/mol. The molecule has 1 unspecified atom stereocenters. The number of aliphatic hydroxyl groups is 1. The van der Waals surface area contributed by atoms with Crippen molar-refractivity contribution >= 4 is 28.9 Å².